The number of benzene rings is 2. The van der Waals surface area contributed by atoms with Crippen LogP contribution in [-0.4, -0.2) is 22.0 Å². The fourth-order valence-electron chi connectivity index (χ4n) is 3.64. The first-order valence-electron chi connectivity index (χ1n) is 9.23. The molecule has 0 spiro atoms. The molecule has 0 radical (unpaired) electrons. The van der Waals surface area contributed by atoms with Gasteiger partial charge in [-0.3, -0.25) is 14.2 Å². The van der Waals surface area contributed by atoms with Crippen molar-refractivity contribution in [3.05, 3.63) is 81.9 Å². The second-order valence-corrected chi connectivity index (χ2v) is 8.42. The number of fused-ring (bicyclic) bond motifs is 2. The predicted molar refractivity (Wildman–Crippen MR) is 117 cm³/mol. The molecule has 0 atom stereocenters. The molecular weight excluding hydrogens is 406 g/mol. The Morgan fingerprint density at radius 2 is 1.93 bits per heavy atom. The molecule has 7 heteroatoms. The molecule has 1 aliphatic rings. The smallest absolute Gasteiger partial charge is 0.271 e. The summed E-state index contributed by atoms with van der Waals surface area (Å²) < 4.78 is 1.94. The molecule has 144 valence electrons. The monoisotopic (exact) mass is 421 g/mol. The van der Waals surface area contributed by atoms with Gasteiger partial charge in [0, 0.05) is 22.1 Å². The van der Waals surface area contributed by atoms with Crippen molar-refractivity contribution in [2.45, 2.75) is 13.0 Å². The van der Waals surface area contributed by atoms with Crippen molar-refractivity contribution in [1.29, 1.82) is 0 Å². The number of rotatable bonds is 3. The van der Waals surface area contributed by atoms with E-state index >= 15 is 0 Å². The molecule has 0 saturated carbocycles. The maximum Gasteiger partial charge on any atom is 0.271 e. The van der Waals surface area contributed by atoms with Crippen molar-refractivity contribution in [1.82, 2.24) is 9.55 Å². The summed E-state index contributed by atoms with van der Waals surface area (Å²) in [7, 11) is 0. The summed E-state index contributed by atoms with van der Waals surface area (Å²) in [5, 5.41) is 0.664. The molecule has 1 aliphatic heterocycles. The minimum atomic E-state index is -0.193. The lowest BCUT2D eigenvalue weighted by atomic mass is 10.2. The van der Waals surface area contributed by atoms with Gasteiger partial charge in [0.05, 0.1) is 11.8 Å². The molecule has 2 aromatic heterocycles. The van der Waals surface area contributed by atoms with Gasteiger partial charge in [-0.1, -0.05) is 41.9 Å². The lowest BCUT2D eigenvalue weighted by molar-refractivity contribution is -0.119. The number of thiophene rings is 1. The van der Waals surface area contributed by atoms with Crippen molar-refractivity contribution in [3.8, 4) is 10.4 Å². The highest BCUT2D eigenvalue weighted by atomic mass is 35.5. The van der Waals surface area contributed by atoms with Crippen LogP contribution in [-0.2, 0) is 17.8 Å². The summed E-state index contributed by atoms with van der Waals surface area (Å²) in [6, 6.07) is 17.2. The highest BCUT2D eigenvalue weighted by molar-refractivity contribution is 7.22. The third kappa shape index (κ3) is 3.24. The average molecular weight is 422 g/mol. The second kappa shape index (κ2) is 7.13. The fourth-order valence-corrected chi connectivity index (χ4v) is 4.83. The molecule has 1 amide bonds. The summed E-state index contributed by atoms with van der Waals surface area (Å²) in [5.41, 5.74) is 3.52. The van der Waals surface area contributed by atoms with Gasteiger partial charge in [-0.25, -0.2) is 4.98 Å². The number of para-hydroxylation sites is 1. The van der Waals surface area contributed by atoms with E-state index in [9.17, 15) is 9.59 Å². The molecular formula is C22H16ClN3O2S. The third-order valence-corrected chi connectivity index (χ3v) is 6.54. The Kier molecular flexibility index (Phi) is 4.45. The summed E-state index contributed by atoms with van der Waals surface area (Å²) in [4.78, 5) is 32.9. The van der Waals surface area contributed by atoms with Crippen molar-refractivity contribution >= 4 is 44.7 Å². The minimum Gasteiger partial charge on any atom is -0.310 e. The molecule has 0 aliphatic carbocycles. The standard InChI is InChI=1S/C22H16ClN3O2S/c23-16-7-5-15(6-8-16)19-11-17-21(29-19)22(28)25(13-24-17)12-20(27)26-10-9-14-3-1-2-4-18(14)26/h1-8,11,13H,9-10,12H2. The van der Waals surface area contributed by atoms with Gasteiger partial charge in [0.15, 0.2) is 0 Å². The molecule has 0 saturated heterocycles. The van der Waals surface area contributed by atoms with E-state index in [4.69, 9.17) is 11.6 Å². The average Bonchev–Trinajstić information content (AvgIpc) is 3.35. The predicted octanol–water partition coefficient (Wildman–Crippen LogP) is 4.37. The number of anilines is 1. The summed E-state index contributed by atoms with van der Waals surface area (Å²) in [6.07, 6.45) is 2.30. The molecule has 0 N–H and O–H groups in total. The Bertz CT molecular complexity index is 1290. The summed E-state index contributed by atoms with van der Waals surface area (Å²) >= 11 is 7.34. The Labute approximate surface area is 175 Å². The Hall–Kier alpha value is -2.96. The lowest BCUT2D eigenvalue weighted by Crippen LogP contribution is -2.35. The van der Waals surface area contributed by atoms with Crippen molar-refractivity contribution < 1.29 is 4.79 Å². The number of amides is 1. The van der Waals surface area contributed by atoms with Crippen LogP contribution in [0.3, 0.4) is 0 Å². The van der Waals surface area contributed by atoms with Crippen LogP contribution < -0.4 is 10.5 Å². The van der Waals surface area contributed by atoms with Crippen LogP contribution in [0.15, 0.2) is 65.7 Å². The molecule has 5 rings (SSSR count). The fraction of sp³-hybridized carbons (Fsp3) is 0.136. The number of nitrogens with zero attached hydrogens (tertiary/aromatic N) is 3. The molecule has 0 bridgehead atoms. The first-order valence-corrected chi connectivity index (χ1v) is 10.4. The van der Waals surface area contributed by atoms with Gasteiger partial charge < -0.3 is 4.90 Å². The first-order chi connectivity index (χ1) is 14.1. The van der Waals surface area contributed by atoms with E-state index in [0.29, 0.717) is 21.8 Å². The lowest BCUT2D eigenvalue weighted by Gasteiger charge is -2.17. The number of carbonyl (C=O) groups is 1. The Morgan fingerprint density at radius 1 is 1.14 bits per heavy atom. The van der Waals surface area contributed by atoms with E-state index in [1.807, 2.05) is 54.6 Å². The Morgan fingerprint density at radius 3 is 2.76 bits per heavy atom. The van der Waals surface area contributed by atoms with Crippen LogP contribution >= 0.6 is 22.9 Å². The van der Waals surface area contributed by atoms with Crippen LogP contribution in [0, 0.1) is 0 Å². The van der Waals surface area contributed by atoms with Crippen LogP contribution in [0.5, 0.6) is 0 Å². The van der Waals surface area contributed by atoms with E-state index in [1.54, 1.807) is 4.90 Å². The topological polar surface area (TPSA) is 55.2 Å². The highest BCUT2D eigenvalue weighted by Crippen LogP contribution is 2.31. The number of carbonyl (C=O) groups excluding carboxylic acids is 1. The van der Waals surface area contributed by atoms with Crippen molar-refractivity contribution in [2.24, 2.45) is 0 Å². The van der Waals surface area contributed by atoms with Gasteiger partial charge >= 0.3 is 0 Å². The number of hydrogen-bond donors (Lipinski definition) is 0. The van der Waals surface area contributed by atoms with E-state index in [1.165, 1.54) is 22.2 Å². The van der Waals surface area contributed by atoms with Gasteiger partial charge in [-0.05, 0) is 41.8 Å². The Balaban J connectivity index is 1.45. The minimum absolute atomic E-state index is 0.0235. The van der Waals surface area contributed by atoms with Gasteiger partial charge in [-0.2, -0.15) is 0 Å². The zero-order valence-corrected chi connectivity index (χ0v) is 16.9. The molecule has 0 fully saturated rings. The van der Waals surface area contributed by atoms with Gasteiger partial charge in [0.25, 0.3) is 5.56 Å². The zero-order chi connectivity index (χ0) is 20.0. The van der Waals surface area contributed by atoms with Crippen molar-refractivity contribution in [3.63, 3.8) is 0 Å². The second-order valence-electron chi connectivity index (χ2n) is 6.93. The first kappa shape index (κ1) is 18.1. The highest BCUT2D eigenvalue weighted by Gasteiger charge is 2.24. The SMILES string of the molecule is O=C(Cn1cnc2cc(-c3ccc(Cl)cc3)sc2c1=O)N1CCc2ccccc21. The largest absolute Gasteiger partial charge is 0.310 e. The quantitative estimate of drug-likeness (QED) is 0.493. The van der Waals surface area contributed by atoms with Crippen LogP contribution in [0.1, 0.15) is 5.56 Å². The number of aromatic nitrogens is 2. The molecule has 29 heavy (non-hydrogen) atoms. The molecule has 3 heterocycles. The number of hydrogen-bond acceptors (Lipinski definition) is 4. The molecule has 5 nitrogen and oxygen atoms in total. The van der Waals surface area contributed by atoms with E-state index in [-0.39, 0.29) is 18.0 Å². The molecule has 0 unspecified atom stereocenters. The zero-order valence-electron chi connectivity index (χ0n) is 15.3. The van der Waals surface area contributed by atoms with E-state index in [2.05, 4.69) is 4.98 Å². The van der Waals surface area contributed by atoms with Crippen LogP contribution in [0.4, 0.5) is 5.69 Å². The van der Waals surface area contributed by atoms with Crippen LogP contribution in [0.2, 0.25) is 5.02 Å². The third-order valence-electron chi connectivity index (χ3n) is 5.13. The molecule has 4 aromatic rings. The van der Waals surface area contributed by atoms with Crippen LogP contribution in [0.25, 0.3) is 20.7 Å². The van der Waals surface area contributed by atoms with Gasteiger partial charge in [-0.15, -0.1) is 11.3 Å². The van der Waals surface area contributed by atoms with Gasteiger partial charge in [0.2, 0.25) is 5.91 Å². The van der Waals surface area contributed by atoms with Crippen molar-refractivity contribution in [2.75, 3.05) is 11.4 Å². The van der Waals surface area contributed by atoms with E-state index < -0.39 is 0 Å². The normalized spacial score (nSPS) is 13.1. The van der Waals surface area contributed by atoms with E-state index in [0.717, 1.165) is 28.1 Å². The summed E-state index contributed by atoms with van der Waals surface area (Å²) in [6.45, 7) is 0.618. The number of halogens is 1. The van der Waals surface area contributed by atoms with Gasteiger partial charge in [0.1, 0.15) is 11.2 Å². The maximum absolute atomic E-state index is 13.0. The maximum atomic E-state index is 13.0. The molecule has 2 aromatic carbocycles. The summed E-state index contributed by atoms with van der Waals surface area (Å²) in [5.74, 6) is -0.104.